The first-order valence-electron chi connectivity index (χ1n) is 9.13. The van der Waals surface area contributed by atoms with Crippen molar-refractivity contribution < 1.29 is 0 Å². The molecule has 0 aromatic carbocycles. The van der Waals surface area contributed by atoms with Crippen molar-refractivity contribution in [2.45, 2.75) is 38.5 Å². The molecule has 0 saturated carbocycles. The molecular formula is C16H37N6P. The fourth-order valence-corrected chi connectivity index (χ4v) is 7.07. The second kappa shape index (κ2) is 8.93. The van der Waals surface area contributed by atoms with E-state index in [0.717, 1.165) is 19.8 Å². The third-order valence-corrected chi connectivity index (χ3v) is 8.65. The van der Waals surface area contributed by atoms with E-state index in [0.29, 0.717) is 0 Å². The van der Waals surface area contributed by atoms with Gasteiger partial charge in [0.25, 0.3) is 0 Å². The normalized spacial score (nSPS) is 22.3. The van der Waals surface area contributed by atoms with Crippen LogP contribution in [-0.2, 0) is 0 Å². The zero-order valence-corrected chi connectivity index (χ0v) is 16.8. The van der Waals surface area contributed by atoms with Crippen molar-refractivity contribution in [1.29, 1.82) is 0 Å². The van der Waals surface area contributed by atoms with Crippen LogP contribution in [0.5, 0.6) is 0 Å². The van der Waals surface area contributed by atoms with Gasteiger partial charge < -0.3 is 0 Å². The molecule has 0 radical (unpaired) electrons. The molecule has 23 heavy (non-hydrogen) atoms. The lowest BCUT2D eigenvalue weighted by Gasteiger charge is -2.45. The average Bonchev–Trinajstić information content (AvgIpc) is 2.53. The number of rotatable bonds is 6. The molecule has 2 heterocycles. The SMILES string of the molecule is CN(C)P(=NN1CCCCC1)(N(C)C)N(C)CN1CCCCC1. The Hall–Kier alpha value is 0.0300. The van der Waals surface area contributed by atoms with Crippen molar-refractivity contribution >= 4 is 7.51 Å². The number of likely N-dealkylation sites (tertiary alicyclic amines) is 1. The predicted octanol–water partition coefficient (Wildman–Crippen LogP) is 2.83. The summed E-state index contributed by atoms with van der Waals surface area (Å²) in [4.78, 5) is 7.92. The Morgan fingerprint density at radius 1 is 0.739 bits per heavy atom. The van der Waals surface area contributed by atoms with Gasteiger partial charge in [0.1, 0.15) is 0 Å². The third-order valence-electron chi connectivity index (χ3n) is 4.96. The largest absolute Gasteiger partial charge is 0.290 e. The number of hydrogen-bond acceptors (Lipinski definition) is 2. The van der Waals surface area contributed by atoms with Crippen molar-refractivity contribution in [3.05, 3.63) is 0 Å². The summed E-state index contributed by atoms with van der Waals surface area (Å²) in [5.41, 5.74) is 0. The minimum Gasteiger partial charge on any atom is -0.290 e. The number of nitrogens with zero attached hydrogens (tertiary/aromatic N) is 6. The van der Waals surface area contributed by atoms with E-state index in [9.17, 15) is 0 Å². The molecule has 0 aliphatic carbocycles. The maximum absolute atomic E-state index is 5.33. The average molecular weight is 344 g/mol. The standard InChI is InChI=1S/C16H37N6P/c1-18(2)23(19(3)4,17-22-14-10-7-11-15-22)20(5)16-21-12-8-6-9-13-21/h6-16H2,1-5H3. The Kier molecular flexibility index (Phi) is 7.52. The van der Waals surface area contributed by atoms with Gasteiger partial charge in [-0.2, -0.15) is 9.86 Å². The molecule has 7 heteroatoms. The molecule has 0 atom stereocenters. The van der Waals surface area contributed by atoms with Gasteiger partial charge in [-0.25, -0.2) is 4.67 Å². The summed E-state index contributed by atoms with van der Waals surface area (Å²) < 4.78 is 7.21. The Labute approximate surface area is 143 Å². The van der Waals surface area contributed by atoms with Crippen molar-refractivity contribution in [1.82, 2.24) is 23.9 Å². The van der Waals surface area contributed by atoms with Crippen LogP contribution >= 0.6 is 7.51 Å². The Morgan fingerprint density at radius 2 is 1.22 bits per heavy atom. The van der Waals surface area contributed by atoms with Crippen LogP contribution < -0.4 is 0 Å². The fourth-order valence-electron chi connectivity index (χ4n) is 3.81. The first-order chi connectivity index (χ1) is 11.0. The molecule has 2 aliphatic heterocycles. The molecule has 2 aliphatic rings. The molecule has 0 amide bonds. The smallest absolute Gasteiger partial charge is 0.185 e. The quantitative estimate of drug-likeness (QED) is 0.691. The molecule has 2 rings (SSSR count). The van der Waals surface area contributed by atoms with E-state index < -0.39 is 7.51 Å². The fraction of sp³-hybridized carbons (Fsp3) is 1.00. The van der Waals surface area contributed by atoms with Crippen LogP contribution in [0.3, 0.4) is 0 Å². The van der Waals surface area contributed by atoms with E-state index in [1.165, 1.54) is 51.6 Å². The molecule has 136 valence electrons. The maximum atomic E-state index is 5.33. The van der Waals surface area contributed by atoms with Gasteiger partial charge in [0, 0.05) is 13.1 Å². The summed E-state index contributed by atoms with van der Waals surface area (Å²) in [5, 5.41) is 2.34. The van der Waals surface area contributed by atoms with Crippen LogP contribution in [0.15, 0.2) is 4.85 Å². The van der Waals surface area contributed by atoms with Crippen LogP contribution in [0.25, 0.3) is 0 Å². The minimum atomic E-state index is -1.86. The molecule has 0 bridgehead atoms. The van der Waals surface area contributed by atoms with Crippen LogP contribution in [0.2, 0.25) is 0 Å². The van der Waals surface area contributed by atoms with Gasteiger partial charge in [-0.15, -0.1) is 0 Å². The Balaban J connectivity index is 2.21. The first-order valence-corrected chi connectivity index (χ1v) is 10.7. The van der Waals surface area contributed by atoms with Gasteiger partial charge in [0.2, 0.25) is 0 Å². The minimum absolute atomic E-state index is 1.02. The molecule has 0 aromatic heterocycles. The molecule has 0 spiro atoms. The molecule has 2 saturated heterocycles. The van der Waals surface area contributed by atoms with Gasteiger partial charge in [0.05, 0.1) is 6.67 Å². The lowest BCUT2D eigenvalue weighted by Crippen LogP contribution is -2.43. The molecule has 6 nitrogen and oxygen atoms in total. The second-order valence-corrected chi connectivity index (χ2v) is 10.8. The number of hydrogen-bond donors (Lipinski definition) is 0. The summed E-state index contributed by atoms with van der Waals surface area (Å²) in [5.74, 6) is 0. The topological polar surface area (TPSA) is 28.6 Å². The summed E-state index contributed by atoms with van der Waals surface area (Å²) in [7, 11) is 9.16. The highest BCUT2D eigenvalue weighted by Crippen LogP contribution is 2.56. The second-order valence-electron chi connectivity index (χ2n) is 7.31. The first kappa shape index (κ1) is 19.4. The summed E-state index contributed by atoms with van der Waals surface area (Å²) in [6.07, 6.45) is 7.98. The van der Waals surface area contributed by atoms with E-state index in [-0.39, 0.29) is 0 Å². The van der Waals surface area contributed by atoms with E-state index in [2.05, 4.69) is 59.2 Å². The molecule has 0 unspecified atom stereocenters. The Bertz CT molecular complexity index is 387. The van der Waals surface area contributed by atoms with E-state index in [1.54, 1.807) is 0 Å². The van der Waals surface area contributed by atoms with Crippen molar-refractivity contribution in [2.75, 3.05) is 68.1 Å². The van der Waals surface area contributed by atoms with Crippen molar-refractivity contribution in [2.24, 2.45) is 4.85 Å². The van der Waals surface area contributed by atoms with E-state index in [4.69, 9.17) is 4.85 Å². The molecule has 2 fully saturated rings. The molecule has 0 N–H and O–H groups in total. The zero-order chi connectivity index (χ0) is 16.9. The summed E-state index contributed by atoms with van der Waals surface area (Å²) >= 11 is 0. The zero-order valence-electron chi connectivity index (χ0n) is 15.9. The number of piperidine rings is 2. The highest BCUT2D eigenvalue weighted by atomic mass is 31.2. The highest BCUT2D eigenvalue weighted by molar-refractivity contribution is 7.58. The van der Waals surface area contributed by atoms with E-state index >= 15 is 0 Å². The molecule has 0 aromatic rings. The van der Waals surface area contributed by atoms with Crippen molar-refractivity contribution in [3.63, 3.8) is 0 Å². The predicted molar refractivity (Wildman–Crippen MR) is 100 cm³/mol. The maximum Gasteiger partial charge on any atom is 0.185 e. The lowest BCUT2D eigenvalue weighted by molar-refractivity contribution is 0.169. The highest BCUT2D eigenvalue weighted by Gasteiger charge is 2.33. The van der Waals surface area contributed by atoms with Gasteiger partial charge in [0.15, 0.2) is 7.51 Å². The summed E-state index contributed by atoms with van der Waals surface area (Å²) in [6, 6.07) is 0. The monoisotopic (exact) mass is 344 g/mol. The van der Waals surface area contributed by atoms with Gasteiger partial charge >= 0.3 is 0 Å². The van der Waals surface area contributed by atoms with Crippen LogP contribution in [-0.4, -0.2) is 92.0 Å². The van der Waals surface area contributed by atoms with Crippen LogP contribution in [0, 0.1) is 0 Å². The van der Waals surface area contributed by atoms with Crippen LogP contribution in [0.4, 0.5) is 0 Å². The van der Waals surface area contributed by atoms with Gasteiger partial charge in [-0.05, 0) is 74.0 Å². The van der Waals surface area contributed by atoms with Crippen molar-refractivity contribution in [3.8, 4) is 0 Å². The van der Waals surface area contributed by atoms with Crippen LogP contribution in [0.1, 0.15) is 38.5 Å². The van der Waals surface area contributed by atoms with Gasteiger partial charge in [-0.3, -0.25) is 14.2 Å². The summed E-state index contributed by atoms with van der Waals surface area (Å²) in [6.45, 7) is 5.70. The van der Waals surface area contributed by atoms with Gasteiger partial charge in [-0.1, -0.05) is 12.8 Å². The molecular weight excluding hydrogens is 307 g/mol. The lowest BCUT2D eigenvalue weighted by atomic mass is 10.1. The Morgan fingerprint density at radius 3 is 1.70 bits per heavy atom. The third kappa shape index (κ3) is 4.77. The van der Waals surface area contributed by atoms with E-state index in [1.807, 2.05) is 0 Å².